The van der Waals surface area contributed by atoms with E-state index in [1.54, 1.807) is 0 Å². The number of aromatic amines is 1. The molecule has 7 heteroatoms. The molecule has 0 aliphatic heterocycles. The van der Waals surface area contributed by atoms with E-state index in [1.807, 2.05) is 80.0 Å². The highest BCUT2D eigenvalue weighted by Gasteiger charge is 2.24. The van der Waals surface area contributed by atoms with Crippen LogP contribution in [-0.2, 0) is 22.6 Å². The number of fused-ring (bicyclic) bond motifs is 1. The van der Waals surface area contributed by atoms with E-state index in [4.69, 9.17) is 0 Å². The third-order valence-corrected chi connectivity index (χ3v) is 6.14. The van der Waals surface area contributed by atoms with E-state index >= 15 is 0 Å². The molecular formula is C25H26N4O2S. The van der Waals surface area contributed by atoms with Crippen LogP contribution in [0.2, 0.25) is 0 Å². The van der Waals surface area contributed by atoms with Crippen LogP contribution in [0.25, 0.3) is 22.2 Å². The van der Waals surface area contributed by atoms with Gasteiger partial charge in [0, 0.05) is 40.4 Å². The fraction of sp³-hybridized carbons (Fsp3) is 0.240. The number of carbonyl (C=O) groups is 2. The molecule has 4 rings (SSSR count). The van der Waals surface area contributed by atoms with Crippen LogP contribution in [0.15, 0.2) is 66.2 Å². The molecule has 2 heterocycles. The molecule has 164 valence electrons. The first-order valence-corrected chi connectivity index (χ1v) is 11.5. The van der Waals surface area contributed by atoms with Gasteiger partial charge in [0.1, 0.15) is 11.0 Å². The number of hydrogen-bond acceptors (Lipinski definition) is 4. The molecule has 3 N–H and O–H groups in total. The predicted molar refractivity (Wildman–Crippen MR) is 128 cm³/mol. The van der Waals surface area contributed by atoms with Crippen LogP contribution < -0.4 is 10.6 Å². The summed E-state index contributed by atoms with van der Waals surface area (Å²) in [5.74, 6) is -0.577. The highest BCUT2D eigenvalue weighted by atomic mass is 32.1. The van der Waals surface area contributed by atoms with E-state index in [1.165, 1.54) is 11.3 Å². The zero-order chi connectivity index (χ0) is 22.5. The first-order valence-electron chi connectivity index (χ1n) is 10.6. The first-order chi connectivity index (χ1) is 15.5. The number of para-hydroxylation sites is 1. The highest BCUT2D eigenvalue weighted by Crippen LogP contribution is 2.22. The van der Waals surface area contributed by atoms with Crippen LogP contribution in [0.5, 0.6) is 0 Å². The largest absolute Gasteiger partial charge is 0.361 e. The molecule has 1 atom stereocenters. The van der Waals surface area contributed by atoms with Gasteiger partial charge in [-0.1, -0.05) is 62.4 Å². The van der Waals surface area contributed by atoms with Crippen LogP contribution >= 0.6 is 11.3 Å². The Labute approximate surface area is 191 Å². The van der Waals surface area contributed by atoms with E-state index < -0.39 is 6.04 Å². The minimum Gasteiger partial charge on any atom is -0.361 e. The fourth-order valence-electron chi connectivity index (χ4n) is 3.49. The second-order valence-electron chi connectivity index (χ2n) is 7.99. The number of aromatic nitrogens is 2. The lowest BCUT2D eigenvalue weighted by Crippen LogP contribution is -2.48. The second-order valence-corrected chi connectivity index (χ2v) is 8.93. The van der Waals surface area contributed by atoms with E-state index in [9.17, 15) is 9.59 Å². The normalized spacial score (nSPS) is 12.1. The fourth-order valence-corrected chi connectivity index (χ4v) is 4.23. The van der Waals surface area contributed by atoms with Gasteiger partial charge in [0.15, 0.2) is 0 Å². The maximum Gasteiger partial charge on any atom is 0.243 e. The van der Waals surface area contributed by atoms with Crippen molar-refractivity contribution >= 4 is 34.1 Å². The Kier molecular flexibility index (Phi) is 6.66. The Hall–Kier alpha value is -3.45. The molecule has 2 amide bonds. The molecule has 1 unspecified atom stereocenters. The Morgan fingerprint density at radius 2 is 1.78 bits per heavy atom. The van der Waals surface area contributed by atoms with Crippen molar-refractivity contribution in [1.82, 2.24) is 20.6 Å². The summed E-state index contributed by atoms with van der Waals surface area (Å²) in [6.45, 7) is 3.95. The molecular weight excluding hydrogens is 420 g/mol. The van der Waals surface area contributed by atoms with Crippen molar-refractivity contribution in [2.45, 2.75) is 32.9 Å². The number of nitrogens with one attached hydrogen (secondary N) is 3. The van der Waals surface area contributed by atoms with E-state index in [-0.39, 0.29) is 17.7 Å². The SMILES string of the molecule is CC(C)C(=O)NC(Cc1c[nH]c2ccccc12)C(=O)NCc1nc(-c2ccccc2)cs1. The summed E-state index contributed by atoms with van der Waals surface area (Å²) in [6, 6.07) is 17.2. The Bertz CT molecular complexity index is 1210. The maximum atomic E-state index is 13.1. The number of carbonyl (C=O) groups excluding carboxylic acids is 2. The number of hydrogen-bond donors (Lipinski definition) is 3. The molecule has 0 fully saturated rings. The van der Waals surface area contributed by atoms with Gasteiger partial charge in [-0.2, -0.15) is 0 Å². The molecule has 4 aromatic rings. The molecule has 6 nitrogen and oxygen atoms in total. The smallest absolute Gasteiger partial charge is 0.243 e. The average molecular weight is 447 g/mol. The minimum absolute atomic E-state index is 0.148. The quantitative estimate of drug-likeness (QED) is 0.377. The zero-order valence-electron chi connectivity index (χ0n) is 18.1. The number of rotatable bonds is 8. The molecule has 0 radical (unpaired) electrons. The zero-order valence-corrected chi connectivity index (χ0v) is 18.9. The Balaban J connectivity index is 1.46. The van der Waals surface area contributed by atoms with Crippen molar-refractivity contribution in [2.75, 3.05) is 0 Å². The summed E-state index contributed by atoms with van der Waals surface area (Å²) in [4.78, 5) is 33.3. The summed E-state index contributed by atoms with van der Waals surface area (Å²) in [6.07, 6.45) is 2.31. The van der Waals surface area contributed by atoms with Gasteiger partial charge in [-0.3, -0.25) is 9.59 Å². The molecule has 0 bridgehead atoms. The van der Waals surface area contributed by atoms with E-state index in [0.717, 1.165) is 32.7 Å². The number of H-pyrrole nitrogens is 1. The Morgan fingerprint density at radius 3 is 2.56 bits per heavy atom. The van der Waals surface area contributed by atoms with Crippen molar-refractivity contribution < 1.29 is 9.59 Å². The van der Waals surface area contributed by atoms with Gasteiger partial charge in [-0.15, -0.1) is 11.3 Å². The Morgan fingerprint density at radius 1 is 1.03 bits per heavy atom. The van der Waals surface area contributed by atoms with Gasteiger partial charge in [0.05, 0.1) is 12.2 Å². The van der Waals surface area contributed by atoms with Crippen LogP contribution in [0, 0.1) is 5.92 Å². The lowest BCUT2D eigenvalue weighted by molar-refractivity contribution is -0.130. The van der Waals surface area contributed by atoms with Gasteiger partial charge in [-0.05, 0) is 11.6 Å². The van der Waals surface area contributed by atoms with Crippen LogP contribution in [0.3, 0.4) is 0 Å². The number of amides is 2. The molecule has 0 saturated heterocycles. The molecule has 0 aliphatic carbocycles. The molecule has 0 aliphatic rings. The van der Waals surface area contributed by atoms with Gasteiger partial charge in [0.2, 0.25) is 11.8 Å². The van der Waals surface area contributed by atoms with Crippen molar-refractivity contribution in [3.8, 4) is 11.3 Å². The molecule has 32 heavy (non-hydrogen) atoms. The number of nitrogens with zero attached hydrogens (tertiary/aromatic N) is 1. The summed E-state index contributed by atoms with van der Waals surface area (Å²) in [5, 5.41) is 9.71. The summed E-state index contributed by atoms with van der Waals surface area (Å²) in [5.41, 5.74) is 3.93. The minimum atomic E-state index is -0.669. The first kappa shape index (κ1) is 21.8. The van der Waals surface area contributed by atoms with Crippen molar-refractivity contribution in [3.05, 3.63) is 76.7 Å². The lowest BCUT2D eigenvalue weighted by Gasteiger charge is -2.19. The molecule has 0 saturated carbocycles. The van der Waals surface area contributed by atoms with E-state index in [2.05, 4.69) is 20.6 Å². The number of thiazole rings is 1. The third-order valence-electron chi connectivity index (χ3n) is 5.29. The monoisotopic (exact) mass is 446 g/mol. The van der Waals surface area contributed by atoms with Crippen LogP contribution in [0.4, 0.5) is 0 Å². The third kappa shape index (κ3) is 5.06. The van der Waals surface area contributed by atoms with Crippen LogP contribution in [0.1, 0.15) is 24.4 Å². The average Bonchev–Trinajstić information content (AvgIpc) is 3.45. The topological polar surface area (TPSA) is 86.9 Å². The maximum absolute atomic E-state index is 13.1. The van der Waals surface area contributed by atoms with Crippen molar-refractivity contribution in [2.24, 2.45) is 5.92 Å². The second kappa shape index (κ2) is 9.78. The predicted octanol–water partition coefficient (Wildman–Crippen LogP) is 4.29. The molecule has 2 aromatic heterocycles. The standard InChI is InChI=1S/C25H26N4O2S/c1-16(2)24(30)29-21(12-18-13-26-20-11-7-6-10-19(18)20)25(31)27-14-23-28-22(15-32-23)17-8-4-3-5-9-17/h3-11,13,15-16,21,26H,12,14H2,1-2H3,(H,27,31)(H,29,30). The van der Waals surface area contributed by atoms with Gasteiger partial charge in [0.25, 0.3) is 0 Å². The van der Waals surface area contributed by atoms with Crippen molar-refractivity contribution in [1.29, 1.82) is 0 Å². The molecule has 0 spiro atoms. The summed E-state index contributed by atoms with van der Waals surface area (Å²) >= 11 is 1.51. The summed E-state index contributed by atoms with van der Waals surface area (Å²) < 4.78 is 0. The van der Waals surface area contributed by atoms with Crippen molar-refractivity contribution in [3.63, 3.8) is 0 Å². The molecule has 2 aromatic carbocycles. The van der Waals surface area contributed by atoms with Gasteiger partial charge >= 0.3 is 0 Å². The van der Waals surface area contributed by atoms with E-state index in [0.29, 0.717) is 13.0 Å². The van der Waals surface area contributed by atoms with Gasteiger partial charge < -0.3 is 15.6 Å². The lowest BCUT2D eigenvalue weighted by atomic mass is 10.0. The highest BCUT2D eigenvalue weighted by molar-refractivity contribution is 7.09. The number of benzene rings is 2. The van der Waals surface area contributed by atoms with Crippen LogP contribution in [-0.4, -0.2) is 27.8 Å². The summed E-state index contributed by atoms with van der Waals surface area (Å²) in [7, 11) is 0. The van der Waals surface area contributed by atoms with Gasteiger partial charge in [-0.25, -0.2) is 4.98 Å².